The molecule has 24 heavy (non-hydrogen) atoms. The predicted octanol–water partition coefficient (Wildman–Crippen LogP) is 4.95. The zero-order valence-corrected chi connectivity index (χ0v) is 19.3. The molecule has 0 spiro atoms. The molecule has 0 aromatic heterocycles. The van der Waals surface area contributed by atoms with Gasteiger partial charge >= 0.3 is 87.5 Å². The first-order valence-corrected chi connectivity index (χ1v) is 9.58. The summed E-state index contributed by atoms with van der Waals surface area (Å²) in [6, 6.07) is 0. The zero-order chi connectivity index (χ0) is 20.2. The van der Waals surface area contributed by atoms with Crippen LogP contribution in [-0.4, -0.2) is 33.6 Å². The van der Waals surface area contributed by atoms with E-state index in [1.807, 2.05) is 0 Å². The summed E-state index contributed by atoms with van der Waals surface area (Å²) in [5, 5.41) is 24.2. The first-order chi connectivity index (χ1) is 10.6. The van der Waals surface area contributed by atoms with Crippen LogP contribution in [0.3, 0.4) is 0 Å². The Morgan fingerprint density at radius 2 is 0.875 bits per heavy atom. The molecular weight excluding hydrogens is 336 g/mol. The number of hydrogen-bond donors (Lipinski definition) is 3. The molecule has 0 heterocycles. The van der Waals surface area contributed by atoms with E-state index in [-0.39, 0.29) is 18.3 Å². The Labute approximate surface area is 162 Å². The van der Waals surface area contributed by atoms with E-state index in [1.165, 1.54) is 17.6 Å². The predicted molar refractivity (Wildman–Crippen MR) is 102 cm³/mol. The summed E-state index contributed by atoms with van der Waals surface area (Å²) >= 11 is 2.36. The van der Waals surface area contributed by atoms with Crippen molar-refractivity contribution in [1.29, 1.82) is 0 Å². The second-order valence-electron chi connectivity index (χ2n) is 7.04. The minimum absolute atomic E-state index is 0.167. The average molecular weight is 377 g/mol. The van der Waals surface area contributed by atoms with Crippen LogP contribution in [0.5, 0.6) is 0 Å². The molecule has 3 nitrogen and oxygen atoms in total. The third kappa shape index (κ3) is 13.4. The van der Waals surface area contributed by atoms with Crippen molar-refractivity contribution < 1.29 is 35.8 Å². The summed E-state index contributed by atoms with van der Waals surface area (Å²) in [6.45, 7) is 21.7. The molecule has 0 amide bonds. The van der Waals surface area contributed by atoms with Gasteiger partial charge in [-0.15, -0.1) is 0 Å². The van der Waals surface area contributed by atoms with Crippen LogP contribution in [-0.2, 0) is 20.4 Å². The molecule has 0 aromatic rings. The Hall–Kier alpha value is 0.0743. The number of rotatable bonds is 1. The van der Waals surface area contributed by atoms with Gasteiger partial charge in [0.25, 0.3) is 0 Å². The molecule has 0 saturated carbocycles. The van der Waals surface area contributed by atoms with Gasteiger partial charge in [0.1, 0.15) is 0 Å². The van der Waals surface area contributed by atoms with Crippen LogP contribution in [0.4, 0.5) is 0 Å². The van der Waals surface area contributed by atoms with Crippen molar-refractivity contribution in [3.05, 3.63) is 22.3 Å². The summed E-state index contributed by atoms with van der Waals surface area (Å²) < 4.78 is 0.355. The minimum atomic E-state index is -0.167. The summed E-state index contributed by atoms with van der Waals surface area (Å²) in [6.07, 6.45) is 0.722. The Morgan fingerprint density at radius 1 is 0.708 bits per heavy atom. The summed E-state index contributed by atoms with van der Waals surface area (Å²) in [4.78, 5) is 0. The van der Waals surface area contributed by atoms with Gasteiger partial charge in [-0.3, -0.25) is 0 Å². The van der Waals surface area contributed by atoms with Crippen LogP contribution < -0.4 is 0 Å². The zero-order valence-electron chi connectivity index (χ0n) is 17.8. The third-order valence-corrected chi connectivity index (χ3v) is 5.22. The molecule has 0 aliphatic heterocycles. The summed E-state index contributed by atoms with van der Waals surface area (Å²) in [5.74, 6) is 0. The Morgan fingerprint density at radius 3 is 0.958 bits per heavy atom. The van der Waals surface area contributed by atoms with E-state index >= 15 is 0 Å². The molecule has 1 aliphatic rings. The van der Waals surface area contributed by atoms with E-state index in [0.717, 1.165) is 0 Å². The topological polar surface area (TPSA) is 60.7 Å². The summed E-state index contributed by atoms with van der Waals surface area (Å²) in [5.41, 5.74) is 6.16. The normalized spacial score (nSPS) is 15.7. The molecule has 3 N–H and O–H groups in total. The second-order valence-corrected chi connectivity index (χ2v) is 8.37. The summed E-state index contributed by atoms with van der Waals surface area (Å²) in [7, 11) is 0. The van der Waals surface area contributed by atoms with Gasteiger partial charge in [-0.05, 0) is 41.5 Å². The second kappa shape index (κ2) is 14.3. The van der Waals surface area contributed by atoms with E-state index in [9.17, 15) is 0 Å². The first-order valence-electron chi connectivity index (χ1n) is 8.80. The van der Waals surface area contributed by atoms with Crippen LogP contribution in [0.15, 0.2) is 22.3 Å². The Balaban J connectivity index is -0.000000304. The molecule has 1 aliphatic carbocycles. The monoisotopic (exact) mass is 377 g/mol. The molecule has 0 aromatic carbocycles. The number of aliphatic hydroxyl groups is 3. The molecule has 0 unspecified atom stereocenters. The van der Waals surface area contributed by atoms with E-state index in [2.05, 4.69) is 55.1 Å². The molecule has 4 heteroatoms. The molecule has 143 valence electrons. The van der Waals surface area contributed by atoms with Crippen LogP contribution in [0.25, 0.3) is 0 Å². The van der Waals surface area contributed by atoms with Gasteiger partial charge in [-0.1, -0.05) is 0 Å². The molecule has 0 saturated heterocycles. The molecular formula is C20H41O3Ti. The first kappa shape index (κ1) is 28.9. The Bertz CT molecular complexity index is 347. The van der Waals surface area contributed by atoms with Crippen LogP contribution in [0.1, 0.15) is 82.6 Å². The van der Waals surface area contributed by atoms with Gasteiger partial charge in [0.15, 0.2) is 0 Å². The van der Waals surface area contributed by atoms with E-state index in [4.69, 9.17) is 15.3 Å². The van der Waals surface area contributed by atoms with Crippen molar-refractivity contribution in [3.8, 4) is 0 Å². The molecule has 1 rings (SSSR count). The SMILES string of the molecule is CC(C)O.CC(C)O.CC(C)O.CC[C]1([Ti])C(C)=C(C)C(C)=C1C. The molecule has 0 fully saturated rings. The average Bonchev–Trinajstić information content (AvgIpc) is 2.53. The van der Waals surface area contributed by atoms with Crippen molar-refractivity contribution in [2.75, 3.05) is 0 Å². The van der Waals surface area contributed by atoms with Gasteiger partial charge in [0.2, 0.25) is 0 Å². The van der Waals surface area contributed by atoms with Crippen molar-refractivity contribution in [3.63, 3.8) is 0 Å². The third-order valence-electron chi connectivity index (χ3n) is 3.50. The van der Waals surface area contributed by atoms with E-state index < -0.39 is 0 Å². The van der Waals surface area contributed by atoms with E-state index in [1.54, 1.807) is 52.7 Å². The van der Waals surface area contributed by atoms with E-state index in [0.29, 0.717) is 3.72 Å². The van der Waals surface area contributed by atoms with Gasteiger partial charge in [-0.2, -0.15) is 0 Å². The Kier molecular flexibility index (Phi) is 17.2. The maximum atomic E-state index is 8.06. The van der Waals surface area contributed by atoms with Crippen molar-refractivity contribution in [1.82, 2.24) is 0 Å². The number of allylic oxidation sites excluding steroid dienone is 4. The van der Waals surface area contributed by atoms with Gasteiger partial charge in [0, 0.05) is 18.3 Å². The number of hydrogen-bond acceptors (Lipinski definition) is 3. The molecule has 0 radical (unpaired) electrons. The van der Waals surface area contributed by atoms with Crippen molar-refractivity contribution >= 4 is 0 Å². The standard InChI is InChI=1S/C11H17.3C3H8O.Ti/c1-6-11-9(4)7(2)8(3)10(11)5;3*1-3(2)4;/h6H2,1-5H3;3*3-4H,1-2H3;. The fourth-order valence-electron chi connectivity index (χ4n) is 2.01. The van der Waals surface area contributed by atoms with Crippen LogP contribution in [0, 0.1) is 0 Å². The van der Waals surface area contributed by atoms with Gasteiger partial charge < -0.3 is 15.3 Å². The quantitative estimate of drug-likeness (QED) is 0.567. The molecule has 0 bridgehead atoms. The van der Waals surface area contributed by atoms with Gasteiger partial charge in [-0.25, -0.2) is 0 Å². The van der Waals surface area contributed by atoms with Crippen molar-refractivity contribution in [2.45, 2.75) is 105 Å². The fraction of sp³-hybridized carbons (Fsp3) is 0.800. The van der Waals surface area contributed by atoms with Crippen molar-refractivity contribution in [2.24, 2.45) is 0 Å². The van der Waals surface area contributed by atoms with Gasteiger partial charge in [0.05, 0.1) is 0 Å². The fourth-order valence-corrected chi connectivity index (χ4v) is 2.60. The van der Waals surface area contributed by atoms with Crippen LogP contribution in [0.2, 0.25) is 3.72 Å². The molecule has 0 atom stereocenters. The number of aliphatic hydroxyl groups excluding tert-OH is 3. The van der Waals surface area contributed by atoms with Crippen LogP contribution >= 0.6 is 0 Å². The maximum absolute atomic E-state index is 8.06.